The van der Waals surface area contributed by atoms with Crippen molar-refractivity contribution in [2.45, 2.75) is 19.1 Å². The highest BCUT2D eigenvalue weighted by Gasteiger charge is 2.21. The molecule has 20 heavy (non-hydrogen) atoms. The second-order valence-corrected chi connectivity index (χ2v) is 6.21. The fraction of sp³-hybridized carbons (Fsp3) is 0.533. The maximum Gasteiger partial charge on any atom is 0.260 e. The molecule has 0 spiro atoms. The van der Waals surface area contributed by atoms with Crippen molar-refractivity contribution in [1.29, 1.82) is 0 Å². The van der Waals surface area contributed by atoms with Gasteiger partial charge in [-0.25, -0.2) is 0 Å². The second-order valence-electron chi connectivity index (χ2n) is 4.92. The lowest BCUT2D eigenvalue weighted by atomic mass is 10.2. The molecular weight excluding hydrogens is 272 g/mol. The van der Waals surface area contributed by atoms with E-state index in [1.807, 2.05) is 54.8 Å². The van der Waals surface area contributed by atoms with Gasteiger partial charge in [0.25, 0.3) is 5.91 Å². The first-order chi connectivity index (χ1) is 9.69. The predicted molar refractivity (Wildman–Crippen MR) is 83.2 cm³/mol. The largest absolute Gasteiger partial charge is 0.484 e. The molecule has 0 aliphatic carbocycles. The highest BCUT2D eigenvalue weighted by atomic mass is 32.2. The van der Waals surface area contributed by atoms with Gasteiger partial charge in [0.15, 0.2) is 6.61 Å². The molecular formula is C15H22N2O2S. The molecule has 1 atom stereocenters. The highest BCUT2D eigenvalue weighted by Crippen LogP contribution is 2.16. The first-order valence-corrected chi connectivity index (χ1v) is 8.03. The van der Waals surface area contributed by atoms with E-state index in [1.165, 1.54) is 5.56 Å². The van der Waals surface area contributed by atoms with Crippen LogP contribution in [0.5, 0.6) is 5.75 Å². The number of hydrogen-bond donors (Lipinski definition) is 1. The predicted octanol–water partition coefficient (Wildman–Crippen LogP) is 1.88. The smallest absolute Gasteiger partial charge is 0.260 e. The topological polar surface area (TPSA) is 41.6 Å². The number of hydrogen-bond acceptors (Lipinski definition) is 4. The molecule has 4 nitrogen and oxygen atoms in total. The van der Waals surface area contributed by atoms with Crippen LogP contribution in [0.4, 0.5) is 0 Å². The molecule has 1 N–H and O–H groups in total. The van der Waals surface area contributed by atoms with Crippen LogP contribution in [0.1, 0.15) is 12.5 Å². The van der Waals surface area contributed by atoms with Crippen LogP contribution in [0.3, 0.4) is 0 Å². The first-order valence-electron chi connectivity index (χ1n) is 6.98. The molecule has 0 radical (unpaired) electrons. The Labute approximate surface area is 124 Å². The Bertz CT molecular complexity index is 430. The summed E-state index contributed by atoms with van der Waals surface area (Å²) in [5, 5.41) is 3.80. The van der Waals surface area contributed by atoms with Crippen molar-refractivity contribution in [2.24, 2.45) is 0 Å². The summed E-state index contributed by atoms with van der Waals surface area (Å²) in [4.78, 5) is 14.0. The van der Waals surface area contributed by atoms with E-state index in [1.54, 1.807) is 0 Å². The number of amides is 1. The monoisotopic (exact) mass is 294 g/mol. The summed E-state index contributed by atoms with van der Waals surface area (Å²) in [6.07, 6.45) is 0. The Morgan fingerprint density at radius 3 is 2.80 bits per heavy atom. The van der Waals surface area contributed by atoms with E-state index in [9.17, 15) is 4.79 Å². The van der Waals surface area contributed by atoms with Gasteiger partial charge in [0.1, 0.15) is 5.75 Å². The van der Waals surface area contributed by atoms with E-state index in [4.69, 9.17) is 4.74 Å². The van der Waals surface area contributed by atoms with Crippen LogP contribution >= 0.6 is 11.8 Å². The molecule has 1 heterocycles. The average Bonchev–Trinajstić information content (AvgIpc) is 2.97. The summed E-state index contributed by atoms with van der Waals surface area (Å²) in [5.74, 6) is 1.79. The van der Waals surface area contributed by atoms with Crippen LogP contribution in [0.2, 0.25) is 0 Å². The van der Waals surface area contributed by atoms with Crippen LogP contribution in [0, 0.1) is 6.92 Å². The van der Waals surface area contributed by atoms with E-state index >= 15 is 0 Å². The Balaban J connectivity index is 1.80. The van der Waals surface area contributed by atoms with Gasteiger partial charge in [-0.3, -0.25) is 4.79 Å². The van der Waals surface area contributed by atoms with Crippen molar-refractivity contribution in [3.63, 3.8) is 0 Å². The minimum Gasteiger partial charge on any atom is -0.484 e. The summed E-state index contributed by atoms with van der Waals surface area (Å²) in [6.45, 7) is 6.66. The standard InChI is InChI=1S/C15H22N2O2S/c1-3-17(9-14-8-16-11-20-14)15(18)10-19-13-6-4-12(2)5-7-13/h4-7,14,16H,3,8-11H2,1-2H3. The van der Waals surface area contributed by atoms with Crippen molar-refractivity contribution >= 4 is 17.7 Å². The van der Waals surface area contributed by atoms with E-state index in [2.05, 4.69) is 5.32 Å². The zero-order chi connectivity index (χ0) is 14.4. The Hall–Kier alpha value is -1.20. The number of rotatable bonds is 6. The molecule has 1 aromatic rings. The normalized spacial score (nSPS) is 18.0. The van der Waals surface area contributed by atoms with Gasteiger partial charge in [-0.15, -0.1) is 11.8 Å². The first kappa shape index (κ1) is 15.2. The Kier molecular flexibility index (Phi) is 5.73. The molecule has 2 rings (SSSR count). The van der Waals surface area contributed by atoms with E-state index in [0.29, 0.717) is 5.25 Å². The zero-order valence-corrected chi connectivity index (χ0v) is 12.9. The molecule has 1 aliphatic heterocycles. The number of nitrogens with zero attached hydrogens (tertiary/aromatic N) is 1. The summed E-state index contributed by atoms with van der Waals surface area (Å²) >= 11 is 1.87. The van der Waals surface area contributed by atoms with Crippen molar-refractivity contribution in [3.8, 4) is 5.75 Å². The molecule has 1 saturated heterocycles. The second kappa shape index (κ2) is 7.55. The lowest BCUT2D eigenvalue weighted by Crippen LogP contribution is -2.40. The third-order valence-corrected chi connectivity index (χ3v) is 4.49. The van der Waals surface area contributed by atoms with Crippen LogP contribution in [0.15, 0.2) is 24.3 Å². The van der Waals surface area contributed by atoms with E-state index in [-0.39, 0.29) is 12.5 Å². The van der Waals surface area contributed by atoms with Crippen molar-refractivity contribution in [3.05, 3.63) is 29.8 Å². The lowest BCUT2D eigenvalue weighted by Gasteiger charge is -2.23. The van der Waals surface area contributed by atoms with Crippen LogP contribution in [0.25, 0.3) is 0 Å². The Morgan fingerprint density at radius 1 is 1.45 bits per heavy atom. The van der Waals surface area contributed by atoms with Gasteiger partial charge in [-0.05, 0) is 26.0 Å². The molecule has 0 aromatic heterocycles. The number of nitrogens with one attached hydrogen (secondary N) is 1. The van der Waals surface area contributed by atoms with E-state index < -0.39 is 0 Å². The zero-order valence-electron chi connectivity index (χ0n) is 12.1. The average molecular weight is 294 g/mol. The highest BCUT2D eigenvalue weighted by molar-refractivity contribution is 8.00. The van der Waals surface area contributed by atoms with Crippen molar-refractivity contribution < 1.29 is 9.53 Å². The molecule has 5 heteroatoms. The third kappa shape index (κ3) is 4.42. The number of aryl methyl sites for hydroxylation is 1. The number of benzene rings is 1. The summed E-state index contributed by atoms with van der Waals surface area (Å²) in [7, 11) is 0. The third-order valence-electron chi connectivity index (χ3n) is 3.33. The number of carbonyl (C=O) groups excluding carboxylic acids is 1. The maximum atomic E-state index is 12.2. The quantitative estimate of drug-likeness (QED) is 0.870. The van der Waals surface area contributed by atoms with Crippen LogP contribution < -0.4 is 10.1 Å². The lowest BCUT2D eigenvalue weighted by molar-refractivity contribution is -0.133. The van der Waals surface area contributed by atoms with Gasteiger partial charge in [-0.1, -0.05) is 17.7 Å². The van der Waals surface area contributed by atoms with Gasteiger partial charge in [0.2, 0.25) is 0 Å². The van der Waals surface area contributed by atoms with Gasteiger partial charge < -0.3 is 15.0 Å². The molecule has 1 aromatic carbocycles. The van der Waals surface area contributed by atoms with Crippen LogP contribution in [-0.4, -0.2) is 48.2 Å². The minimum absolute atomic E-state index is 0.0561. The van der Waals surface area contributed by atoms with Gasteiger partial charge in [-0.2, -0.15) is 0 Å². The summed E-state index contributed by atoms with van der Waals surface area (Å²) < 4.78 is 5.56. The van der Waals surface area contributed by atoms with Crippen molar-refractivity contribution in [1.82, 2.24) is 10.2 Å². The van der Waals surface area contributed by atoms with Crippen LogP contribution in [-0.2, 0) is 4.79 Å². The van der Waals surface area contributed by atoms with Gasteiger partial charge >= 0.3 is 0 Å². The molecule has 0 bridgehead atoms. The summed E-state index contributed by atoms with van der Waals surface area (Å²) in [5.41, 5.74) is 1.18. The molecule has 110 valence electrons. The molecule has 1 amide bonds. The number of thioether (sulfide) groups is 1. The van der Waals surface area contributed by atoms with Crippen molar-refractivity contribution in [2.75, 3.05) is 32.1 Å². The summed E-state index contributed by atoms with van der Waals surface area (Å²) in [6, 6.07) is 7.77. The molecule has 1 fully saturated rings. The fourth-order valence-corrected chi connectivity index (χ4v) is 3.09. The number of ether oxygens (including phenoxy) is 1. The number of carbonyl (C=O) groups is 1. The van der Waals surface area contributed by atoms with E-state index in [0.717, 1.165) is 31.3 Å². The van der Waals surface area contributed by atoms with Gasteiger partial charge in [0.05, 0.1) is 0 Å². The molecule has 1 aliphatic rings. The SMILES string of the molecule is CCN(CC1CNCS1)C(=O)COc1ccc(C)cc1. The fourth-order valence-electron chi connectivity index (χ4n) is 2.10. The Morgan fingerprint density at radius 2 is 2.20 bits per heavy atom. The molecule has 1 unspecified atom stereocenters. The minimum atomic E-state index is 0.0561. The van der Waals surface area contributed by atoms with Gasteiger partial charge in [0, 0.05) is 30.8 Å². The maximum absolute atomic E-state index is 12.2. The number of likely N-dealkylation sites (N-methyl/N-ethyl adjacent to an activating group) is 1. The molecule has 0 saturated carbocycles.